The number of fused-ring (bicyclic) bond motifs is 1. The van der Waals surface area contributed by atoms with Gasteiger partial charge in [0.05, 0.1) is 6.54 Å². The van der Waals surface area contributed by atoms with Crippen molar-refractivity contribution in [3.63, 3.8) is 0 Å². The summed E-state index contributed by atoms with van der Waals surface area (Å²) < 4.78 is 16.1. The van der Waals surface area contributed by atoms with Crippen LogP contribution in [0, 0.1) is 17.1 Å². The van der Waals surface area contributed by atoms with Gasteiger partial charge in [0.2, 0.25) is 5.82 Å². The van der Waals surface area contributed by atoms with E-state index >= 15 is 0 Å². The second kappa shape index (κ2) is 5.00. The topological polar surface area (TPSA) is 78.9 Å². The van der Waals surface area contributed by atoms with Crippen molar-refractivity contribution in [2.24, 2.45) is 0 Å². The smallest absolute Gasteiger partial charge is 0.346 e. The molecule has 3 aromatic rings. The predicted molar refractivity (Wildman–Crippen MR) is 74.8 cm³/mol. The number of nitriles is 1. The lowest BCUT2D eigenvalue weighted by Crippen LogP contribution is -2.06. The Morgan fingerprint density at radius 1 is 1.52 bits per heavy atom. The third kappa shape index (κ3) is 2.15. The van der Waals surface area contributed by atoms with E-state index in [1.54, 1.807) is 18.3 Å². The monoisotopic (exact) mass is 301 g/mol. The molecule has 2 heterocycles. The highest BCUT2D eigenvalue weighted by Crippen LogP contribution is 2.34. The van der Waals surface area contributed by atoms with Gasteiger partial charge in [0.15, 0.2) is 0 Å². The van der Waals surface area contributed by atoms with Crippen LogP contribution in [0.1, 0.15) is 21.1 Å². The van der Waals surface area contributed by atoms with Crippen LogP contribution in [0.4, 0.5) is 4.39 Å². The number of benzene rings is 1. The molecular weight excluding hydrogens is 293 g/mol. The van der Waals surface area contributed by atoms with Gasteiger partial charge in [-0.1, -0.05) is 6.07 Å². The van der Waals surface area contributed by atoms with E-state index in [4.69, 9.17) is 5.26 Å². The first-order valence-corrected chi connectivity index (χ1v) is 6.78. The van der Waals surface area contributed by atoms with Gasteiger partial charge in [-0.2, -0.15) is 5.26 Å². The molecular formula is C14H8FN3O2S. The minimum Gasteiger partial charge on any atom is -0.477 e. The molecule has 0 aliphatic rings. The number of aromatic nitrogens is 2. The van der Waals surface area contributed by atoms with E-state index in [1.807, 2.05) is 6.07 Å². The quantitative estimate of drug-likeness (QED) is 0.806. The molecule has 0 atom stereocenters. The number of aromatic carboxylic acids is 1. The largest absolute Gasteiger partial charge is 0.477 e. The Labute approximate surface area is 122 Å². The van der Waals surface area contributed by atoms with Gasteiger partial charge in [0.25, 0.3) is 0 Å². The van der Waals surface area contributed by atoms with Crippen molar-refractivity contribution < 1.29 is 14.3 Å². The Kier molecular flexibility index (Phi) is 3.16. The molecule has 21 heavy (non-hydrogen) atoms. The highest BCUT2D eigenvalue weighted by atomic mass is 32.1. The van der Waals surface area contributed by atoms with Gasteiger partial charge in [0.1, 0.15) is 16.8 Å². The van der Waals surface area contributed by atoms with Crippen molar-refractivity contribution in [2.75, 3.05) is 0 Å². The number of halogens is 1. The van der Waals surface area contributed by atoms with E-state index < -0.39 is 11.8 Å². The maximum absolute atomic E-state index is 14.1. The van der Waals surface area contributed by atoms with Crippen LogP contribution in [-0.2, 0) is 6.54 Å². The number of hydrogen-bond donors (Lipinski definition) is 1. The van der Waals surface area contributed by atoms with Crippen molar-refractivity contribution in [1.29, 1.82) is 5.26 Å². The van der Waals surface area contributed by atoms with E-state index in [-0.39, 0.29) is 22.6 Å². The molecule has 3 rings (SSSR count). The van der Waals surface area contributed by atoms with Gasteiger partial charge in [-0.3, -0.25) is 0 Å². The molecule has 0 unspecified atom stereocenters. The molecule has 7 heteroatoms. The number of rotatable bonds is 3. The number of carboxylic acids is 1. The standard InChI is InChI=1S/C14H8FN3O2S/c15-9-2-1-3-10-12(9)8(13(21-10)14(19)20)7-18-5-4-17-11(18)6-16/h1-5H,7H2,(H,19,20). The first-order valence-electron chi connectivity index (χ1n) is 5.96. The summed E-state index contributed by atoms with van der Waals surface area (Å²) in [5.74, 6) is -1.42. The molecule has 0 aliphatic carbocycles. The summed E-state index contributed by atoms with van der Waals surface area (Å²) in [6, 6.07) is 6.43. The first-order chi connectivity index (χ1) is 10.1. The number of hydrogen-bond acceptors (Lipinski definition) is 4. The minimum atomic E-state index is -1.11. The van der Waals surface area contributed by atoms with Gasteiger partial charge in [0, 0.05) is 28.0 Å². The number of nitrogens with zero attached hydrogens (tertiary/aromatic N) is 3. The van der Waals surface area contributed by atoms with Crippen LogP contribution in [0.5, 0.6) is 0 Å². The third-order valence-electron chi connectivity index (χ3n) is 3.10. The number of imidazole rings is 1. The maximum atomic E-state index is 14.1. The van der Waals surface area contributed by atoms with Gasteiger partial charge in [-0.05, 0) is 12.1 Å². The fraction of sp³-hybridized carbons (Fsp3) is 0.0714. The van der Waals surface area contributed by atoms with Crippen molar-refractivity contribution >= 4 is 27.4 Å². The molecule has 0 spiro atoms. The minimum absolute atomic E-state index is 0.0766. The highest BCUT2D eigenvalue weighted by molar-refractivity contribution is 7.21. The lowest BCUT2D eigenvalue weighted by molar-refractivity contribution is 0.0701. The molecule has 1 N–H and O–H groups in total. The van der Waals surface area contributed by atoms with Crippen molar-refractivity contribution in [2.45, 2.75) is 6.54 Å². The van der Waals surface area contributed by atoms with E-state index in [1.165, 1.54) is 16.8 Å². The van der Waals surface area contributed by atoms with E-state index in [0.717, 1.165) is 11.3 Å². The number of thiophene rings is 1. The molecule has 0 saturated heterocycles. The normalized spacial score (nSPS) is 10.7. The van der Waals surface area contributed by atoms with Gasteiger partial charge < -0.3 is 9.67 Å². The zero-order valence-electron chi connectivity index (χ0n) is 10.6. The second-order valence-corrected chi connectivity index (χ2v) is 5.37. The Balaban J connectivity index is 2.23. The van der Waals surface area contributed by atoms with Crippen LogP contribution in [-0.4, -0.2) is 20.6 Å². The zero-order chi connectivity index (χ0) is 15.0. The Morgan fingerprint density at radius 3 is 3.05 bits per heavy atom. The molecule has 0 bridgehead atoms. The molecule has 0 radical (unpaired) electrons. The van der Waals surface area contributed by atoms with Crippen molar-refractivity contribution in [1.82, 2.24) is 9.55 Å². The number of carbonyl (C=O) groups is 1. The molecule has 5 nitrogen and oxygen atoms in total. The first kappa shape index (κ1) is 13.3. The molecule has 104 valence electrons. The van der Waals surface area contributed by atoms with E-state index in [0.29, 0.717) is 10.3 Å². The van der Waals surface area contributed by atoms with Crippen LogP contribution in [0.2, 0.25) is 0 Å². The average Bonchev–Trinajstić information content (AvgIpc) is 3.04. The summed E-state index contributed by atoms with van der Waals surface area (Å²) in [4.78, 5) is 15.3. The number of carboxylic acid groups (broad SMARTS) is 1. The Morgan fingerprint density at radius 2 is 2.33 bits per heavy atom. The fourth-order valence-electron chi connectivity index (χ4n) is 2.21. The summed E-state index contributed by atoms with van der Waals surface area (Å²) in [6.07, 6.45) is 3.01. The second-order valence-electron chi connectivity index (χ2n) is 4.32. The SMILES string of the molecule is N#Cc1nccn1Cc1c(C(=O)O)sc2cccc(F)c12. The predicted octanol–water partition coefficient (Wildman–Crippen LogP) is 2.86. The van der Waals surface area contributed by atoms with Crippen LogP contribution in [0.25, 0.3) is 10.1 Å². The highest BCUT2D eigenvalue weighted by Gasteiger charge is 2.21. The third-order valence-corrected chi connectivity index (χ3v) is 4.29. The molecule has 2 aromatic heterocycles. The Hall–Kier alpha value is -2.72. The van der Waals surface area contributed by atoms with Crippen LogP contribution < -0.4 is 0 Å². The summed E-state index contributed by atoms with van der Waals surface area (Å²) >= 11 is 1.03. The van der Waals surface area contributed by atoms with Gasteiger partial charge in [-0.15, -0.1) is 11.3 Å². The molecule has 0 saturated carbocycles. The maximum Gasteiger partial charge on any atom is 0.346 e. The van der Waals surface area contributed by atoms with Crippen molar-refractivity contribution in [3.8, 4) is 6.07 Å². The van der Waals surface area contributed by atoms with Crippen molar-refractivity contribution in [3.05, 3.63) is 52.7 Å². The molecule has 0 amide bonds. The lowest BCUT2D eigenvalue weighted by Gasteiger charge is -2.05. The van der Waals surface area contributed by atoms with E-state index in [2.05, 4.69) is 4.98 Å². The summed E-state index contributed by atoms with van der Waals surface area (Å²) in [7, 11) is 0. The van der Waals surface area contributed by atoms with Crippen LogP contribution in [0.15, 0.2) is 30.6 Å². The molecule has 0 aliphatic heterocycles. The van der Waals surface area contributed by atoms with Gasteiger partial charge >= 0.3 is 5.97 Å². The van der Waals surface area contributed by atoms with Crippen LogP contribution in [0.3, 0.4) is 0 Å². The average molecular weight is 301 g/mol. The Bertz CT molecular complexity index is 891. The fourth-order valence-corrected chi connectivity index (χ4v) is 3.28. The van der Waals surface area contributed by atoms with E-state index in [9.17, 15) is 14.3 Å². The van der Waals surface area contributed by atoms with Crippen LogP contribution >= 0.6 is 11.3 Å². The lowest BCUT2D eigenvalue weighted by atomic mass is 10.1. The summed E-state index contributed by atoms with van der Waals surface area (Å²) in [5.41, 5.74) is 0.357. The van der Waals surface area contributed by atoms with Gasteiger partial charge in [-0.25, -0.2) is 14.2 Å². The summed E-state index contributed by atoms with van der Waals surface area (Å²) in [5, 5.41) is 18.6. The molecule has 0 fully saturated rings. The summed E-state index contributed by atoms with van der Waals surface area (Å²) in [6.45, 7) is 0.0887. The zero-order valence-corrected chi connectivity index (χ0v) is 11.4. The molecule has 1 aromatic carbocycles.